The van der Waals surface area contributed by atoms with Crippen LogP contribution in [0.3, 0.4) is 0 Å². The van der Waals surface area contributed by atoms with Gasteiger partial charge >= 0.3 is 0 Å². The molecule has 1 heterocycles. The minimum absolute atomic E-state index is 1.17. The van der Waals surface area contributed by atoms with Crippen molar-refractivity contribution < 1.29 is 0 Å². The van der Waals surface area contributed by atoms with Crippen LogP contribution in [0.2, 0.25) is 0 Å². The lowest BCUT2D eigenvalue weighted by molar-refractivity contribution is 0.958. The van der Waals surface area contributed by atoms with E-state index in [-0.39, 0.29) is 0 Å². The first-order valence-electron chi connectivity index (χ1n) is 4.15. The summed E-state index contributed by atoms with van der Waals surface area (Å²) in [6.07, 6.45) is 6.62. The van der Waals surface area contributed by atoms with Gasteiger partial charge in [-0.25, -0.2) is 0 Å². The van der Waals surface area contributed by atoms with Gasteiger partial charge < -0.3 is 4.98 Å². The smallest absolute Gasteiger partial charge is 0.0406 e. The molecule has 1 aromatic heterocycles. The summed E-state index contributed by atoms with van der Waals surface area (Å²) in [6.45, 7) is 4.33. The van der Waals surface area contributed by atoms with Gasteiger partial charge in [-0.1, -0.05) is 19.4 Å². The average Bonchev–Trinajstić information content (AvgIpc) is 2.52. The average molecular weight is 149 g/mol. The lowest BCUT2D eigenvalue weighted by Crippen LogP contribution is -1.77. The minimum atomic E-state index is 1.17. The summed E-state index contributed by atoms with van der Waals surface area (Å²) in [7, 11) is 0. The molecule has 1 N–H and O–H groups in total. The SMILES string of the molecule is CCC/C=C(\C)c1ccc[nH]1. The Labute approximate surface area is 68.1 Å². The first-order chi connectivity index (χ1) is 5.34. The molecule has 0 aliphatic heterocycles. The van der Waals surface area contributed by atoms with E-state index in [4.69, 9.17) is 0 Å². The summed E-state index contributed by atoms with van der Waals surface area (Å²) < 4.78 is 0. The molecular formula is C10H15N. The van der Waals surface area contributed by atoms with Crippen LogP contribution in [0.1, 0.15) is 32.4 Å². The lowest BCUT2D eigenvalue weighted by Gasteiger charge is -1.95. The standard InChI is InChI=1S/C10H15N/c1-3-4-6-9(2)10-7-5-8-11-10/h5-8,11H,3-4H2,1-2H3/b9-6+. The molecule has 0 aromatic carbocycles. The van der Waals surface area contributed by atoms with E-state index in [0.29, 0.717) is 0 Å². The zero-order chi connectivity index (χ0) is 8.10. The molecule has 0 saturated carbocycles. The Bertz CT molecular complexity index is 219. The van der Waals surface area contributed by atoms with Crippen molar-refractivity contribution in [2.24, 2.45) is 0 Å². The third-order valence-electron chi connectivity index (χ3n) is 1.76. The fourth-order valence-electron chi connectivity index (χ4n) is 1.05. The van der Waals surface area contributed by atoms with Gasteiger partial charge in [0.25, 0.3) is 0 Å². The Morgan fingerprint density at radius 3 is 3.00 bits per heavy atom. The molecule has 0 spiro atoms. The molecule has 0 aliphatic carbocycles. The molecule has 0 unspecified atom stereocenters. The van der Waals surface area contributed by atoms with E-state index >= 15 is 0 Å². The maximum Gasteiger partial charge on any atom is 0.0406 e. The van der Waals surface area contributed by atoms with Crippen molar-refractivity contribution in [2.45, 2.75) is 26.7 Å². The first kappa shape index (κ1) is 8.12. The van der Waals surface area contributed by atoms with Gasteiger partial charge in [0.15, 0.2) is 0 Å². The van der Waals surface area contributed by atoms with Crippen LogP contribution in [-0.2, 0) is 0 Å². The van der Waals surface area contributed by atoms with Crippen molar-refractivity contribution >= 4 is 5.57 Å². The Morgan fingerprint density at radius 1 is 1.64 bits per heavy atom. The number of hydrogen-bond donors (Lipinski definition) is 1. The number of unbranched alkanes of at least 4 members (excludes halogenated alkanes) is 1. The van der Waals surface area contributed by atoms with Gasteiger partial charge in [-0.15, -0.1) is 0 Å². The van der Waals surface area contributed by atoms with E-state index in [1.807, 2.05) is 12.3 Å². The fourth-order valence-corrected chi connectivity index (χ4v) is 1.05. The highest BCUT2D eigenvalue weighted by atomic mass is 14.7. The second-order valence-electron chi connectivity index (χ2n) is 2.76. The van der Waals surface area contributed by atoms with E-state index in [9.17, 15) is 0 Å². The molecule has 0 aliphatic rings. The highest BCUT2D eigenvalue weighted by molar-refractivity contribution is 5.60. The maximum atomic E-state index is 3.18. The summed E-state index contributed by atoms with van der Waals surface area (Å²) in [5.41, 5.74) is 2.58. The molecule has 1 rings (SSSR count). The van der Waals surface area contributed by atoms with E-state index in [1.54, 1.807) is 0 Å². The van der Waals surface area contributed by atoms with E-state index < -0.39 is 0 Å². The molecule has 0 bridgehead atoms. The molecule has 1 nitrogen and oxygen atoms in total. The zero-order valence-corrected chi connectivity index (χ0v) is 7.22. The predicted molar refractivity (Wildman–Crippen MR) is 49.4 cm³/mol. The number of aromatic nitrogens is 1. The number of nitrogens with one attached hydrogen (secondary N) is 1. The number of rotatable bonds is 3. The highest BCUT2D eigenvalue weighted by Gasteiger charge is 1.92. The van der Waals surface area contributed by atoms with Gasteiger partial charge in [-0.2, -0.15) is 0 Å². The van der Waals surface area contributed by atoms with Crippen molar-refractivity contribution in [3.8, 4) is 0 Å². The number of hydrogen-bond acceptors (Lipinski definition) is 0. The van der Waals surface area contributed by atoms with Crippen LogP contribution in [-0.4, -0.2) is 4.98 Å². The first-order valence-corrected chi connectivity index (χ1v) is 4.15. The van der Waals surface area contributed by atoms with Crippen molar-refractivity contribution in [1.29, 1.82) is 0 Å². The fraction of sp³-hybridized carbons (Fsp3) is 0.400. The number of H-pyrrole nitrogens is 1. The van der Waals surface area contributed by atoms with Crippen molar-refractivity contribution in [3.05, 3.63) is 30.1 Å². The van der Waals surface area contributed by atoms with Crippen molar-refractivity contribution in [1.82, 2.24) is 4.98 Å². The third-order valence-corrected chi connectivity index (χ3v) is 1.76. The van der Waals surface area contributed by atoms with Crippen LogP contribution in [0.15, 0.2) is 24.4 Å². The summed E-state index contributed by atoms with van der Waals surface area (Å²) in [4.78, 5) is 3.18. The second kappa shape index (κ2) is 4.02. The lowest BCUT2D eigenvalue weighted by atomic mass is 10.2. The van der Waals surface area contributed by atoms with Gasteiger partial charge in [-0.3, -0.25) is 0 Å². The van der Waals surface area contributed by atoms with Gasteiger partial charge in [-0.05, 0) is 31.1 Å². The minimum Gasteiger partial charge on any atom is -0.361 e. The van der Waals surface area contributed by atoms with Crippen LogP contribution in [0.25, 0.3) is 5.57 Å². The predicted octanol–water partition coefficient (Wildman–Crippen LogP) is 3.22. The van der Waals surface area contributed by atoms with Gasteiger partial charge in [0, 0.05) is 11.9 Å². The second-order valence-corrected chi connectivity index (χ2v) is 2.76. The van der Waals surface area contributed by atoms with Gasteiger partial charge in [0.1, 0.15) is 0 Å². The topological polar surface area (TPSA) is 15.8 Å². The molecule has 0 saturated heterocycles. The zero-order valence-electron chi connectivity index (χ0n) is 7.22. The molecule has 0 fully saturated rings. The number of allylic oxidation sites excluding steroid dienone is 2. The summed E-state index contributed by atoms with van der Waals surface area (Å²) in [5.74, 6) is 0. The quantitative estimate of drug-likeness (QED) is 0.679. The third kappa shape index (κ3) is 2.26. The molecule has 11 heavy (non-hydrogen) atoms. The van der Waals surface area contributed by atoms with E-state index in [0.717, 1.165) is 0 Å². The highest BCUT2D eigenvalue weighted by Crippen LogP contribution is 2.11. The maximum absolute atomic E-state index is 3.18. The van der Waals surface area contributed by atoms with E-state index in [1.165, 1.54) is 24.1 Å². The molecule has 1 aromatic rings. The van der Waals surface area contributed by atoms with Crippen LogP contribution < -0.4 is 0 Å². The summed E-state index contributed by atoms with van der Waals surface area (Å²) in [5, 5.41) is 0. The van der Waals surface area contributed by atoms with Crippen LogP contribution in [0.5, 0.6) is 0 Å². The van der Waals surface area contributed by atoms with Crippen molar-refractivity contribution in [3.63, 3.8) is 0 Å². The Hall–Kier alpha value is -0.980. The monoisotopic (exact) mass is 149 g/mol. The van der Waals surface area contributed by atoms with Crippen LogP contribution >= 0.6 is 0 Å². The molecular weight excluding hydrogens is 134 g/mol. The van der Waals surface area contributed by atoms with Gasteiger partial charge in [0.2, 0.25) is 0 Å². The number of aromatic amines is 1. The molecule has 0 atom stereocenters. The summed E-state index contributed by atoms with van der Waals surface area (Å²) >= 11 is 0. The van der Waals surface area contributed by atoms with Crippen LogP contribution in [0, 0.1) is 0 Å². The Kier molecular flexibility index (Phi) is 2.96. The Morgan fingerprint density at radius 2 is 2.45 bits per heavy atom. The molecule has 0 amide bonds. The van der Waals surface area contributed by atoms with Gasteiger partial charge in [0.05, 0.1) is 0 Å². The summed E-state index contributed by atoms with van der Waals surface area (Å²) in [6, 6.07) is 4.13. The van der Waals surface area contributed by atoms with E-state index in [2.05, 4.69) is 31.0 Å². The molecule has 1 heteroatoms. The molecule has 60 valence electrons. The Balaban J connectivity index is 2.62. The largest absolute Gasteiger partial charge is 0.361 e. The van der Waals surface area contributed by atoms with Crippen molar-refractivity contribution in [2.75, 3.05) is 0 Å². The molecule has 0 radical (unpaired) electrons. The van der Waals surface area contributed by atoms with Crippen LogP contribution in [0.4, 0.5) is 0 Å². The normalized spacial score (nSPS) is 12.0.